The fraction of sp³-hybridized carbons (Fsp3) is 0.500. The van der Waals surface area contributed by atoms with Crippen LogP contribution in [0.5, 0.6) is 0 Å². The van der Waals surface area contributed by atoms with Crippen molar-refractivity contribution in [3.05, 3.63) is 28.2 Å². The SMILES string of the molecule is CCC(C)N(C)c1ccc(Br)cc1CBr. The van der Waals surface area contributed by atoms with Crippen LogP contribution in [-0.4, -0.2) is 13.1 Å². The minimum atomic E-state index is 0.573. The van der Waals surface area contributed by atoms with E-state index in [1.165, 1.54) is 11.3 Å². The van der Waals surface area contributed by atoms with Crippen LogP contribution >= 0.6 is 31.9 Å². The molecule has 0 aromatic heterocycles. The average Bonchev–Trinajstić information content (AvgIpc) is 2.26. The number of anilines is 1. The molecule has 3 heteroatoms. The van der Waals surface area contributed by atoms with Crippen molar-refractivity contribution in [2.75, 3.05) is 11.9 Å². The van der Waals surface area contributed by atoms with Gasteiger partial charge in [-0.3, -0.25) is 0 Å². The lowest BCUT2D eigenvalue weighted by Crippen LogP contribution is -2.28. The van der Waals surface area contributed by atoms with Crippen LogP contribution in [0.15, 0.2) is 22.7 Å². The Labute approximate surface area is 109 Å². The quantitative estimate of drug-likeness (QED) is 0.728. The molecule has 0 saturated carbocycles. The summed E-state index contributed by atoms with van der Waals surface area (Å²) < 4.78 is 1.14. The van der Waals surface area contributed by atoms with Gasteiger partial charge in [-0.1, -0.05) is 38.8 Å². The summed E-state index contributed by atoms with van der Waals surface area (Å²) in [5.74, 6) is 0. The van der Waals surface area contributed by atoms with Gasteiger partial charge in [-0.05, 0) is 37.1 Å². The number of hydrogen-bond donors (Lipinski definition) is 0. The van der Waals surface area contributed by atoms with Crippen LogP contribution in [-0.2, 0) is 5.33 Å². The zero-order chi connectivity index (χ0) is 11.4. The van der Waals surface area contributed by atoms with Crippen molar-refractivity contribution >= 4 is 37.5 Å². The summed E-state index contributed by atoms with van der Waals surface area (Å²) >= 11 is 7.04. The minimum absolute atomic E-state index is 0.573. The number of alkyl halides is 1. The maximum atomic E-state index is 3.53. The van der Waals surface area contributed by atoms with E-state index in [1.54, 1.807) is 0 Å². The van der Waals surface area contributed by atoms with E-state index in [0.29, 0.717) is 6.04 Å². The highest BCUT2D eigenvalue weighted by atomic mass is 79.9. The lowest BCUT2D eigenvalue weighted by atomic mass is 10.1. The van der Waals surface area contributed by atoms with Gasteiger partial charge in [0, 0.05) is 28.6 Å². The number of hydrogen-bond acceptors (Lipinski definition) is 1. The van der Waals surface area contributed by atoms with Crippen LogP contribution in [0.4, 0.5) is 5.69 Å². The zero-order valence-corrected chi connectivity index (χ0v) is 12.6. The van der Waals surface area contributed by atoms with Crippen molar-refractivity contribution in [3.8, 4) is 0 Å². The second-order valence-electron chi connectivity index (χ2n) is 3.77. The molecule has 1 rings (SSSR count). The third-order valence-electron chi connectivity index (χ3n) is 2.82. The van der Waals surface area contributed by atoms with Gasteiger partial charge in [0.15, 0.2) is 0 Å². The molecule has 1 unspecified atom stereocenters. The number of benzene rings is 1. The van der Waals surface area contributed by atoms with Crippen molar-refractivity contribution in [2.45, 2.75) is 31.6 Å². The Hall–Kier alpha value is -0.0200. The molecule has 0 aliphatic carbocycles. The normalized spacial score (nSPS) is 12.6. The predicted molar refractivity (Wildman–Crippen MR) is 74.9 cm³/mol. The van der Waals surface area contributed by atoms with Crippen LogP contribution in [0.3, 0.4) is 0 Å². The predicted octanol–water partition coefficient (Wildman–Crippen LogP) is 4.58. The van der Waals surface area contributed by atoms with E-state index in [-0.39, 0.29) is 0 Å². The third-order valence-corrected chi connectivity index (χ3v) is 3.91. The summed E-state index contributed by atoms with van der Waals surface area (Å²) in [5, 5.41) is 0.891. The van der Waals surface area contributed by atoms with Crippen molar-refractivity contribution < 1.29 is 0 Å². The van der Waals surface area contributed by atoms with E-state index in [4.69, 9.17) is 0 Å². The summed E-state index contributed by atoms with van der Waals surface area (Å²) in [7, 11) is 2.16. The van der Waals surface area contributed by atoms with E-state index in [2.05, 4.69) is 75.9 Å². The Morgan fingerprint density at radius 2 is 2.07 bits per heavy atom. The lowest BCUT2D eigenvalue weighted by molar-refractivity contribution is 0.662. The first-order chi connectivity index (χ1) is 7.10. The molecule has 1 aromatic rings. The largest absolute Gasteiger partial charge is 0.372 e. The van der Waals surface area contributed by atoms with Gasteiger partial charge >= 0.3 is 0 Å². The third kappa shape index (κ3) is 3.22. The highest BCUT2D eigenvalue weighted by Crippen LogP contribution is 2.27. The molecule has 0 amide bonds. The molecule has 1 aromatic carbocycles. The first-order valence-corrected chi connectivity index (χ1v) is 7.08. The molecule has 0 spiro atoms. The van der Waals surface area contributed by atoms with Gasteiger partial charge in [-0.25, -0.2) is 0 Å². The summed E-state index contributed by atoms with van der Waals surface area (Å²) in [6.45, 7) is 4.47. The fourth-order valence-corrected chi connectivity index (χ4v) is 2.37. The minimum Gasteiger partial charge on any atom is -0.372 e. The molecular weight excluding hydrogens is 318 g/mol. The Morgan fingerprint density at radius 3 is 2.60 bits per heavy atom. The van der Waals surface area contributed by atoms with Crippen molar-refractivity contribution in [1.82, 2.24) is 0 Å². The van der Waals surface area contributed by atoms with Gasteiger partial charge in [-0.15, -0.1) is 0 Å². The molecule has 0 aliphatic rings. The summed E-state index contributed by atoms with van der Waals surface area (Å²) in [4.78, 5) is 2.34. The Kier molecular flexibility index (Phi) is 5.13. The molecule has 0 aliphatic heterocycles. The molecule has 1 atom stereocenters. The Balaban J connectivity index is 3.02. The standard InChI is InChI=1S/C12H17Br2N/c1-4-9(2)15(3)12-6-5-11(14)7-10(12)8-13/h5-7,9H,4,8H2,1-3H3. The second kappa shape index (κ2) is 5.90. The second-order valence-corrected chi connectivity index (χ2v) is 5.25. The summed E-state index contributed by atoms with van der Waals surface area (Å²) in [6.07, 6.45) is 1.16. The van der Waals surface area contributed by atoms with Gasteiger partial charge in [0.05, 0.1) is 0 Å². The Bertz CT molecular complexity index is 325. The molecule has 0 radical (unpaired) electrons. The molecular formula is C12H17Br2N. The molecule has 0 heterocycles. The summed E-state index contributed by atoms with van der Waals surface area (Å²) in [5.41, 5.74) is 2.64. The molecule has 0 fully saturated rings. The average molecular weight is 335 g/mol. The highest BCUT2D eigenvalue weighted by Gasteiger charge is 2.11. The van der Waals surface area contributed by atoms with Gasteiger partial charge in [-0.2, -0.15) is 0 Å². The van der Waals surface area contributed by atoms with Crippen LogP contribution in [0, 0.1) is 0 Å². The van der Waals surface area contributed by atoms with Crippen LogP contribution in [0.25, 0.3) is 0 Å². The van der Waals surface area contributed by atoms with Crippen LogP contribution in [0.2, 0.25) is 0 Å². The summed E-state index contributed by atoms with van der Waals surface area (Å²) in [6, 6.07) is 7.01. The van der Waals surface area contributed by atoms with Crippen molar-refractivity contribution in [2.24, 2.45) is 0 Å². The maximum Gasteiger partial charge on any atom is 0.0407 e. The molecule has 0 saturated heterocycles. The smallest absolute Gasteiger partial charge is 0.0407 e. The first-order valence-electron chi connectivity index (χ1n) is 5.17. The van der Waals surface area contributed by atoms with E-state index in [1.807, 2.05) is 0 Å². The van der Waals surface area contributed by atoms with Gasteiger partial charge in [0.1, 0.15) is 0 Å². The monoisotopic (exact) mass is 333 g/mol. The number of rotatable bonds is 4. The van der Waals surface area contributed by atoms with E-state index >= 15 is 0 Å². The molecule has 84 valence electrons. The zero-order valence-electron chi connectivity index (χ0n) is 9.43. The van der Waals surface area contributed by atoms with Crippen molar-refractivity contribution in [3.63, 3.8) is 0 Å². The van der Waals surface area contributed by atoms with Crippen LogP contribution < -0.4 is 4.90 Å². The van der Waals surface area contributed by atoms with E-state index in [9.17, 15) is 0 Å². The molecule has 1 nitrogen and oxygen atoms in total. The van der Waals surface area contributed by atoms with E-state index in [0.717, 1.165) is 16.2 Å². The number of nitrogens with zero attached hydrogens (tertiary/aromatic N) is 1. The number of halogens is 2. The first kappa shape index (κ1) is 13.0. The van der Waals surface area contributed by atoms with Crippen LogP contribution in [0.1, 0.15) is 25.8 Å². The Morgan fingerprint density at radius 1 is 1.40 bits per heavy atom. The van der Waals surface area contributed by atoms with Gasteiger partial charge in [0.25, 0.3) is 0 Å². The van der Waals surface area contributed by atoms with E-state index < -0.39 is 0 Å². The molecule has 0 N–H and O–H groups in total. The van der Waals surface area contributed by atoms with Gasteiger partial charge in [0.2, 0.25) is 0 Å². The topological polar surface area (TPSA) is 3.24 Å². The molecule has 15 heavy (non-hydrogen) atoms. The molecule has 0 bridgehead atoms. The lowest BCUT2D eigenvalue weighted by Gasteiger charge is -2.28. The fourth-order valence-electron chi connectivity index (χ4n) is 1.52. The van der Waals surface area contributed by atoms with Crippen molar-refractivity contribution in [1.29, 1.82) is 0 Å². The highest BCUT2D eigenvalue weighted by molar-refractivity contribution is 9.10. The van der Waals surface area contributed by atoms with Gasteiger partial charge < -0.3 is 4.90 Å². The maximum absolute atomic E-state index is 3.53.